The maximum Gasteiger partial charge on any atom is 0.327 e. The number of amides is 4. The molecule has 2 aromatic rings. The summed E-state index contributed by atoms with van der Waals surface area (Å²) in [5.41, 5.74) is -0.0529. The van der Waals surface area contributed by atoms with Crippen LogP contribution >= 0.6 is 0 Å². The molecule has 1 aromatic carbocycles. The van der Waals surface area contributed by atoms with E-state index >= 15 is 0 Å². The van der Waals surface area contributed by atoms with Gasteiger partial charge in [0.2, 0.25) is 5.76 Å². The normalized spacial score (nSPS) is 18.5. The summed E-state index contributed by atoms with van der Waals surface area (Å²) < 4.78 is 5.10. The molecule has 1 N–H and O–H groups in total. The average molecular weight is 412 g/mol. The lowest BCUT2D eigenvalue weighted by Gasteiger charge is -2.42. The predicted molar refractivity (Wildman–Crippen MR) is 105 cm³/mol. The number of aliphatic hydroxyl groups is 1. The van der Waals surface area contributed by atoms with E-state index in [1.165, 1.54) is 17.5 Å². The zero-order chi connectivity index (χ0) is 21.1. The quantitative estimate of drug-likeness (QED) is 0.721. The number of rotatable bonds is 6. The molecule has 9 nitrogen and oxygen atoms in total. The fourth-order valence-electron chi connectivity index (χ4n) is 4.23. The molecule has 0 unspecified atom stereocenters. The van der Waals surface area contributed by atoms with Gasteiger partial charge in [-0.15, -0.1) is 0 Å². The molecule has 1 spiro atoms. The third-order valence-corrected chi connectivity index (χ3v) is 5.87. The van der Waals surface area contributed by atoms with Crippen LogP contribution in [0.4, 0.5) is 4.79 Å². The number of carbonyl (C=O) groups is 3. The van der Waals surface area contributed by atoms with Gasteiger partial charge in [-0.2, -0.15) is 0 Å². The van der Waals surface area contributed by atoms with E-state index in [0.29, 0.717) is 38.9 Å². The zero-order valence-corrected chi connectivity index (χ0v) is 16.6. The SMILES string of the molecule is O=C(c1cnco1)N1CCC2(CC1)C(=O)N(CCCO)C(=O)N2Cc1ccccc1. The van der Waals surface area contributed by atoms with Gasteiger partial charge >= 0.3 is 6.03 Å². The topological polar surface area (TPSA) is 107 Å². The Kier molecular flexibility index (Phi) is 5.54. The van der Waals surface area contributed by atoms with Crippen molar-refractivity contribution in [1.29, 1.82) is 0 Å². The Bertz CT molecular complexity index is 907. The number of nitrogens with zero attached hydrogens (tertiary/aromatic N) is 4. The Morgan fingerprint density at radius 1 is 1.17 bits per heavy atom. The first-order valence-corrected chi connectivity index (χ1v) is 10.0. The van der Waals surface area contributed by atoms with Crippen LogP contribution in [-0.2, 0) is 11.3 Å². The Morgan fingerprint density at radius 3 is 2.53 bits per heavy atom. The van der Waals surface area contributed by atoms with E-state index < -0.39 is 5.54 Å². The van der Waals surface area contributed by atoms with Gasteiger partial charge in [0.15, 0.2) is 6.39 Å². The number of aliphatic hydroxyl groups excluding tert-OH is 1. The lowest BCUT2D eigenvalue weighted by atomic mass is 9.85. The molecule has 0 radical (unpaired) electrons. The van der Waals surface area contributed by atoms with Gasteiger partial charge in [0.05, 0.1) is 6.20 Å². The molecule has 3 heterocycles. The lowest BCUT2D eigenvalue weighted by Crippen LogP contribution is -2.57. The van der Waals surface area contributed by atoms with Gasteiger partial charge in [0.25, 0.3) is 11.8 Å². The third-order valence-electron chi connectivity index (χ3n) is 5.87. The van der Waals surface area contributed by atoms with Crippen LogP contribution in [0.3, 0.4) is 0 Å². The number of hydrogen-bond donors (Lipinski definition) is 1. The first-order chi connectivity index (χ1) is 14.6. The maximum atomic E-state index is 13.4. The molecule has 0 bridgehead atoms. The van der Waals surface area contributed by atoms with Crippen molar-refractivity contribution in [2.75, 3.05) is 26.2 Å². The Labute approximate surface area is 173 Å². The number of carbonyl (C=O) groups excluding carboxylic acids is 3. The van der Waals surface area contributed by atoms with E-state index in [2.05, 4.69) is 4.98 Å². The van der Waals surface area contributed by atoms with Gasteiger partial charge in [-0.1, -0.05) is 30.3 Å². The van der Waals surface area contributed by atoms with Crippen LogP contribution in [-0.4, -0.2) is 74.4 Å². The monoisotopic (exact) mass is 412 g/mol. The molecule has 0 atom stereocenters. The van der Waals surface area contributed by atoms with E-state index in [9.17, 15) is 14.4 Å². The number of likely N-dealkylation sites (tertiary alicyclic amines) is 1. The highest BCUT2D eigenvalue weighted by Gasteiger charge is 2.58. The highest BCUT2D eigenvalue weighted by molar-refractivity contribution is 6.07. The summed E-state index contributed by atoms with van der Waals surface area (Å²) in [4.78, 5) is 47.4. The summed E-state index contributed by atoms with van der Waals surface area (Å²) >= 11 is 0. The van der Waals surface area contributed by atoms with Crippen molar-refractivity contribution in [1.82, 2.24) is 19.7 Å². The minimum atomic E-state index is -0.986. The first-order valence-electron chi connectivity index (χ1n) is 10.0. The van der Waals surface area contributed by atoms with Crippen molar-refractivity contribution in [3.05, 3.63) is 54.2 Å². The summed E-state index contributed by atoms with van der Waals surface area (Å²) in [7, 11) is 0. The Balaban J connectivity index is 1.57. The first kappa shape index (κ1) is 20.1. The van der Waals surface area contributed by atoms with Gasteiger partial charge < -0.3 is 19.3 Å². The number of piperidine rings is 1. The highest BCUT2D eigenvalue weighted by atomic mass is 16.3. The van der Waals surface area contributed by atoms with Crippen molar-refractivity contribution < 1.29 is 23.9 Å². The molecule has 2 saturated heterocycles. The molecule has 9 heteroatoms. The van der Waals surface area contributed by atoms with Crippen molar-refractivity contribution >= 4 is 17.8 Å². The summed E-state index contributed by atoms with van der Waals surface area (Å²) in [5, 5.41) is 9.17. The van der Waals surface area contributed by atoms with Gasteiger partial charge in [-0.05, 0) is 24.8 Å². The predicted octanol–water partition coefficient (Wildman–Crippen LogP) is 1.50. The van der Waals surface area contributed by atoms with Crippen molar-refractivity contribution in [3.63, 3.8) is 0 Å². The number of benzene rings is 1. The molecule has 30 heavy (non-hydrogen) atoms. The van der Waals surface area contributed by atoms with Crippen LogP contribution in [0.2, 0.25) is 0 Å². The van der Waals surface area contributed by atoms with Crippen LogP contribution in [0, 0.1) is 0 Å². The van der Waals surface area contributed by atoms with E-state index in [1.807, 2.05) is 30.3 Å². The highest BCUT2D eigenvalue weighted by Crippen LogP contribution is 2.38. The summed E-state index contributed by atoms with van der Waals surface area (Å²) in [6.45, 7) is 1.07. The van der Waals surface area contributed by atoms with E-state index in [0.717, 1.165) is 5.56 Å². The number of hydrogen-bond acceptors (Lipinski definition) is 6. The molecule has 0 saturated carbocycles. The molecule has 4 amide bonds. The average Bonchev–Trinajstić information content (AvgIpc) is 3.37. The molecule has 2 fully saturated rings. The van der Waals surface area contributed by atoms with Crippen LogP contribution in [0.5, 0.6) is 0 Å². The molecular weight excluding hydrogens is 388 g/mol. The molecule has 1 aromatic heterocycles. The second kappa shape index (κ2) is 8.27. The second-order valence-corrected chi connectivity index (χ2v) is 7.58. The van der Waals surface area contributed by atoms with E-state index in [1.54, 1.807) is 9.80 Å². The number of aromatic nitrogens is 1. The van der Waals surface area contributed by atoms with Crippen molar-refractivity contribution in [2.45, 2.75) is 31.3 Å². The summed E-state index contributed by atoms with van der Waals surface area (Å²) in [6.07, 6.45) is 3.61. The number of imide groups is 1. The minimum Gasteiger partial charge on any atom is -0.438 e. The van der Waals surface area contributed by atoms with Crippen LogP contribution < -0.4 is 0 Å². The number of oxazole rings is 1. The molecule has 2 aliphatic heterocycles. The molecular formula is C21H24N4O5. The van der Waals surface area contributed by atoms with Crippen molar-refractivity contribution in [3.8, 4) is 0 Å². The zero-order valence-electron chi connectivity index (χ0n) is 16.6. The summed E-state index contributed by atoms with van der Waals surface area (Å²) in [6, 6.07) is 9.19. The van der Waals surface area contributed by atoms with Gasteiger partial charge in [0.1, 0.15) is 5.54 Å². The maximum absolute atomic E-state index is 13.4. The largest absolute Gasteiger partial charge is 0.438 e. The second-order valence-electron chi connectivity index (χ2n) is 7.58. The minimum absolute atomic E-state index is 0.0950. The fraction of sp³-hybridized carbons (Fsp3) is 0.429. The Morgan fingerprint density at radius 2 is 1.90 bits per heavy atom. The standard InChI is InChI=1S/C21H24N4O5/c26-12-4-9-24-19(28)21(25(20(24)29)14-16-5-2-1-3-6-16)7-10-23(11-8-21)18(27)17-13-22-15-30-17/h1-3,5-6,13,15,26H,4,7-12,14H2. The third kappa shape index (κ3) is 3.45. The lowest BCUT2D eigenvalue weighted by molar-refractivity contribution is -0.135. The van der Waals surface area contributed by atoms with Crippen LogP contribution in [0.1, 0.15) is 35.4 Å². The molecule has 0 aliphatic carbocycles. The molecule has 158 valence electrons. The Hall–Kier alpha value is -3.20. The van der Waals surface area contributed by atoms with Crippen LogP contribution in [0.25, 0.3) is 0 Å². The number of urea groups is 1. The van der Waals surface area contributed by atoms with Gasteiger partial charge in [-0.25, -0.2) is 9.78 Å². The molecule has 4 rings (SSSR count). The molecule has 2 aliphatic rings. The smallest absolute Gasteiger partial charge is 0.327 e. The van der Waals surface area contributed by atoms with E-state index in [-0.39, 0.29) is 36.8 Å². The summed E-state index contributed by atoms with van der Waals surface area (Å²) in [5.74, 6) is -0.361. The van der Waals surface area contributed by atoms with E-state index in [4.69, 9.17) is 9.52 Å². The van der Waals surface area contributed by atoms with Gasteiger partial charge in [-0.3, -0.25) is 14.5 Å². The fourth-order valence-corrected chi connectivity index (χ4v) is 4.23. The van der Waals surface area contributed by atoms with Gasteiger partial charge in [0, 0.05) is 32.8 Å². The van der Waals surface area contributed by atoms with Crippen LogP contribution in [0.15, 0.2) is 47.3 Å². The van der Waals surface area contributed by atoms with Crippen molar-refractivity contribution in [2.24, 2.45) is 0 Å².